The van der Waals surface area contributed by atoms with E-state index in [1.54, 1.807) is 0 Å². The minimum atomic E-state index is -0.124. The summed E-state index contributed by atoms with van der Waals surface area (Å²) in [6, 6.07) is 11.5. The molecule has 0 aliphatic carbocycles. The normalized spacial score (nSPS) is 10.9. The summed E-state index contributed by atoms with van der Waals surface area (Å²) in [5, 5.41) is 7.83. The fourth-order valence-electron chi connectivity index (χ4n) is 2.48. The van der Waals surface area contributed by atoms with Gasteiger partial charge in [-0.15, -0.1) is 0 Å². The van der Waals surface area contributed by atoms with Crippen molar-refractivity contribution in [2.45, 2.75) is 20.3 Å². The molecule has 2 aromatic carbocycles. The minimum Gasteiger partial charge on any atom is -0.356 e. The molecule has 22 heavy (non-hydrogen) atoms. The predicted octanol–water partition coefficient (Wildman–Crippen LogP) is 4.39. The second-order valence-electron chi connectivity index (χ2n) is 5.29. The van der Waals surface area contributed by atoms with Gasteiger partial charge in [-0.2, -0.15) is 0 Å². The van der Waals surface area contributed by atoms with E-state index in [4.69, 9.17) is 4.52 Å². The molecule has 0 saturated carbocycles. The first-order valence-electron chi connectivity index (χ1n) is 6.94. The van der Waals surface area contributed by atoms with Gasteiger partial charge in [-0.25, -0.2) is 0 Å². The molecule has 0 saturated heterocycles. The summed E-state index contributed by atoms with van der Waals surface area (Å²) in [7, 11) is 0. The first kappa shape index (κ1) is 14.8. The maximum Gasteiger partial charge on any atom is 0.230 e. The number of nitrogens with one attached hydrogen (secondary N) is 1. The molecule has 1 heterocycles. The average Bonchev–Trinajstić information content (AvgIpc) is 2.85. The Morgan fingerprint density at radius 3 is 2.82 bits per heavy atom. The van der Waals surface area contributed by atoms with Crippen molar-refractivity contribution in [3.8, 4) is 0 Å². The van der Waals surface area contributed by atoms with Crippen LogP contribution in [0.2, 0.25) is 0 Å². The molecular weight excluding hydrogens is 344 g/mol. The molecule has 1 N–H and O–H groups in total. The Bertz CT molecular complexity index is 855. The average molecular weight is 359 g/mol. The van der Waals surface area contributed by atoms with Gasteiger partial charge in [0.1, 0.15) is 5.69 Å². The predicted molar refractivity (Wildman–Crippen MR) is 90.0 cm³/mol. The summed E-state index contributed by atoms with van der Waals surface area (Å²) in [6.07, 6.45) is 0.178. The van der Waals surface area contributed by atoms with E-state index in [-0.39, 0.29) is 12.3 Å². The van der Waals surface area contributed by atoms with Gasteiger partial charge in [-0.3, -0.25) is 4.79 Å². The van der Waals surface area contributed by atoms with Crippen LogP contribution in [-0.4, -0.2) is 11.1 Å². The zero-order chi connectivity index (χ0) is 15.7. The molecule has 3 rings (SSSR count). The van der Waals surface area contributed by atoms with Crippen LogP contribution in [0.4, 0.5) is 5.69 Å². The van der Waals surface area contributed by atoms with E-state index in [1.165, 1.54) is 0 Å². The number of para-hydroxylation sites is 1. The van der Waals surface area contributed by atoms with E-state index in [0.717, 1.165) is 32.3 Å². The number of nitrogens with zero attached hydrogens (tertiary/aromatic N) is 1. The zero-order valence-corrected chi connectivity index (χ0v) is 13.9. The monoisotopic (exact) mass is 358 g/mol. The van der Waals surface area contributed by atoms with Crippen molar-refractivity contribution in [2.24, 2.45) is 0 Å². The summed E-state index contributed by atoms with van der Waals surface area (Å²) >= 11 is 3.41. The van der Waals surface area contributed by atoms with Crippen LogP contribution in [-0.2, 0) is 11.2 Å². The van der Waals surface area contributed by atoms with Gasteiger partial charge in [-0.05, 0) is 59.1 Å². The highest BCUT2D eigenvalue weighted by atomic mass is 79.9. The van der Waals surface area contributed by atoms with E-state index in [0.29, 0.717) is 5.69 Å². The quantitative estimate of drug-likeness (QED) is 0.755. The smallest absolute Gasteiger partial charge is 0.230 e. The number of hydrogen-bond donors (Lipinski definition) is 1. The summed E-state index contributed by atoms with van der Waals surface area (Å²) in [5.41, 5.74) is 4.30. The number of rotatable bonds is 3. The number of hydrogen-bond acceptors (Lipinski definition) is 3. The van der Waals surface area contributed by atoms with Gasteiger partial charge in [0.15, 0.2) is 5.58 Å². The van der Waals surface area contributed by atoms with Crippen LogP contribution in [0.5, 0.6) is 0 Å². The lowest BCUT2D eigenvalue weighted by molar-refractivity contribution is -0.115. The Hall–Kier alpha value is -2.14. The Kier molecular flexibility index (Phi) is 3.98. The Morgan fingerprint density at radius 1 is 1.27 bits per heavy atom. The summed E-state index contributed by atoms with van der Waals surface area (Å²) in [6.45, 7) is 4.00. The number of fused-ring (bicyclic) bond motifs is 1. The van der Waals surface area contributed by atoms with Crippen molar-refractivity contribution < 1.29 is 9.32 Å². The molecule has 0 bridgehead atoms. The van der Waals surface area contributed by atoms with E-state index in [1.807, 2.05) is 50.2 Å². The second kappa shape index (κ2) is 5.93. The Balaban J connectivity index is 1.84. The fourth-order valence-corrected chi connectivity index (χ4v) is 2.86. The van der Waals surface area contributed by atoms with Crippen LogP contribution in [0, 0.1) is 13.8 Å². The molecule has 3 aromatic rings. The van der Waals surface area contributed by atoms with Crippen molar-refractivity contribution in [3.63, 3.8) is 0 Å². The van der Waals surface area contributed by atoms with Crippen molar-refractivity contribution in [1.82, 2.24) is 5.16 Å². The number of amides is 1. The number of anilines is 1. The van der Waals surface area contributed by atoms with Crippen LogP contribution in [0.3, 0.4) is 0 Å². The van der Waals surface area contributed by atoms with Crippen LogP contribution < -0.4 is 5.32 Å². The lowest BCUT2D eigenvalue weighted by Gasteiger charge is -2.06. The van der Waals surface area contributed by atoms with Gasteiger partial charge >= 0.3 is 0 Å². The zero-order valence-electron chi connectivity index (χ0n) is 12.3. The van der Waals surface area contributed by atoms with Crippen LogP contribution >= 0.6 is 15.9 Å². The fraction of sp³-hybridized carbons (Fsp3) is 0.176. The van der Waals surface area contributed by atoms with Crippen LogP contribution in [0.25, 0.3) is 11.0 Å². The molecule has 4 nitrogen and oxygen atoms in total. The Morgan fingerprint density at radius 2 is 2.05 bits per heavy atom. The van der Waals surface area contributed by atoms with Gasteiger partial charge in [0.25, 0.3) is 0 Å². The van der Waals surface area contributed by atoms with Crippen molar-refractivity contribution in [2.75, 3.05) is 5.32 Å². The first-order chi connectivity index (χ1) is 10.5. The molecule has 0 unspecified atom stereocenters. The minimum absolute atomic E-state index is 0.124. The van der Waals surface area contributed by atoms with Crippen molar-refractivity contribution >= 4 is 38.5 Å². The van der Waals surface area contributed by atoms with Crippen molar-refractivity contribution in [1.29, 1.82) is 0 Å². The van der Waals surface area contributed by atoms with Crippen LogP contribution in [0.15, 0.2) is 45.4 Å². The molecule has 112 valence electrons. The third kappa shape index (κ3) is 2.90. The number of aromatic nitrogens is 1. The third-order valence-corrected chi connectivity index (χ3v) is 4.14. The lowest BCUT2D eigenvalue weighted by atomic mass is 10.1. The largest absolute Gasteiger partial charge is 0.356 e. The van der Waals surface area contributed by atoms with Crippen molar-refractivity contribution in [3.05, 3.63) is 57.7 Å². The molecule has 0 fully saturated rings. The molecule has 0 aliphatic heterocycles. The molecule has 5 heteroatoms. The third-order valence-electron chi connectivity index (χ3n) is 3.45. The second-order valence-corrected chi connectivity index (χ2v) is 6.15. The molecule has 1 aromatic heterocycles. The maximum atomic E-state index is 12.2. The highest BCUT2D eigenvalue weighted by Crippen LogP contribution is 2.25. The SMILES string of the molecule is Cc1cc(C)c2onc(CC(=O)Nc3ccccc3Br)c2c1. The molecule has 0 radical (unpaired) electrons. The van der Waals surface area contributed by atoms with E-state index in [9.17, 15) is 4.79 Å². The van der Waals surface area contributed by atoms with E-state index in [2.05, 4.69) is 26.4 Å². The molecule has 1 amide bonds. The van der Waals surface area contributed by atoms with Crippen LogP contribution in [0.1, 0.15) is 16.8 Å². The molecule has 0 aliphatic rings. The van der Waals surface area contributed by atoms with E-state index >= 15 is 0 Å². The topological polar surface area (TPSA) is 55.1 Å². The Labute approximate surface area is 136 Å². The number of halogens is 1. The first-order valence-corrected chi connectivity index (χ1v) is 7.74. The van der Waals surface area contributed by atoms with Gasteiger partial charge in [0.2, 0.25) is 5.91 Å². The molecule has 0 atom stereocenters. The lowest BCUT2D eigenvalue weighted by Crippen LogP contribution is -2.15. The number of benzene rings is 2. The van der Waals surface area contributed by atoms with Gasteiger partial charge in [0.05, 0.1) is 12.1 Å². The highest BCUT2D eigenvalue weighted by molar-refractivity contribution is 9.10. The molecular formula is C17H15BrN2O2. The summed E-state index contributed by atoms with van der Waals surface area (Å²) < 4.78 is 6.22. The summed E-state index contributed by atoms with van der Waals surface area (Å²) in [4.78, 5) is 12.2. The number of aryl methyl sites for hydroxylation is 2. The number of carbonyl (C=O) groups excluding carboxylic acids is 1. The molecule has 0 spiro atoms. The van der Waals surface area contributed by atoms with Gasteiger partial charge in [-0.1, -0.05) is 23.4 Å². The van der Waals surface area contributed by atoms with E-state index < -0.39 is 0 Å². The highest BCUT2D eigenvalue weighted by Gasteiger charge is 2.15. The standard InChI is InChI=1S/C17H15BrN2O2/c1-10-7-11(2)17-12(8-10)15(20-22-17)9-16(21)19-14-6-4-3-5-13(14)18/h3-8H,9H2,1-2H3,(H,19,21). The van der Waals surface area contributed by atoms with Gasteiger partial charge in [0, 0.05) is 9.86 Å². The maximum absolute atomic E-state index is 12.2. The van der Waals surface area contributed by atoms with Gasteiger partial charge < -0.3 is 9.84 Å². The summed E-state index contributed by atoms with van der Waals surface area (Å²) in [5.74, 6) is -0.124. The number of carbonyl (C=O) groups is 1.